The lowest BCUT2D eigenvalue weighted by Gasteiger charge is -2.21. The smallest absolute Gasteiger partial charge is 0.154 e. The summed E-state index contributed by atoms with van der Waals surface area (Å²) in [6, 6.07) is 0. The third-order valence-electron chi connectivity index (χ3n) is 1.09. The second-order valence-electron chi connectivity index (χ2n) is 3.32. The SMILES string of the molecule is CCOC(C)OCC(C)(C)N. The molecule has 0 aliphatic rings. The Hall–Kier alpha value is -0.120. The summed E-state index contributed by atoms with van der Waals surface area (Å²) >= 11 is 0. The van der Waals surface area contributed by atoms with Crippen molar-refractivity contribution in [3.05, 3.63) is 0 Å². The van der Waals surface area contributed by atoms with Crippen molar-refractivity contribution >= 4 is 0 Å². The van der Waals surface area contributed by atoms with Gasteiger partial charge >= 0.3 is 0 Å². The largest absolute Gasteiger partial charge is 0.353 e. The molecule has 0 aromatic carbocycles. The third kappa shape index (κ3) is 7.78. The summed E-state index contributed by atoms with van der Waals surface area (Å²) in [5, 5.41) is 0. The second-order valence-corrected chi connectivity index (χ2v) is 3.32. The Morgan fingerprint density at radius 2 is 1.91 bits per heavy atom. The van der Waals surface area contributed by atoms with E-state index in [1.807, 2.05) is 27.7 Å². The predicted molar refractivity (Wildman–Crippen MR) is 45.3 cm³/mol. The van der Waals surface area contributed by atoms with E-state index in [1.165, 1.54) is 0 Å². The van der Waals surface area contributed by atoms with Crippen LogP contribution in [0.5, 0.6) is 0 Å². The van der Waals surface area contributed by atoms with Crippen molar-refractivity contribution in [1.29, 1.82) is 0 Å². The summed E-state index contributed by atoms with van der Waals surface area (Å²) in [5.41, 5.74) is 5.43. The van der Waals surface area contributed by atoms with Gasteiger partial charge in [-0.1, -0.05) is 0 Å². The molecule has 0 aromatic rings. The van der Waals surface area contributed by atoms with Crippen LogP contribution < -0.4 is 5.73 Å². The molecule has 3 nitrogen and oxygen atoms in total. The zero-order chi connectivity index (χ0) is 8.91. The van der Waals surface area contributed by atoms with Crippen molar-refractivity contribution in [2.45, 2.75) is 39.5 Å². The first-order chi connectivity index (χ1) is 4.95. The van der Waals surface area contributed by atoms with E-state index in [9.17, 15) is 0 Å². The van der Waals surface area contributed by atoms with Crippen molar-refractivity contribution in [3.8, 4) is 0 Å². The van der Waals surface area contributed by atoms with E-state index in [1.54, 1.807) is 0 Å². The summed E-state index contributed by atoms with van der Waals surface area (Å²) in [7, 11) is 0. The minimum Gasteiger partial charge on any atom is -0.353 e. The predicted octanol–water partition coefficient (Wildman–Crippen LogP) is 1.12. The molecule has 0 spiro atoms. The fourth-order valence-electron chi connectivity index (χ4n) is 0.615. The van der Waals surface area contributed by atoms with Crippen molar-refractivity contribution < 1.29 is 9.47 Å². The quantitative estimate of drug-likeness (QED) is 0.614. The standard InChI is InChI=1S/C8H19NO2/c1-5-10-7(2)11-6-8(3,4)9/h7H,5-6,9H2,1-4H3. The molecule has 0 saturated heterocycles. The van der Waals surface area contributed by atoms with Crippen molar-refractivity contribution in [1.82, 2.24) is 0 Å². The van der Waals surface area contributed by atoms with Crippen LogP contribution in [0.4, 0.5) is 0 Å². The Balaban J connectivity index is 3.38. The van der Waals surface area contributed by atoms with Gasteiger partial charge in [-0.25, -0.2) is 0 Å². The normalized spacial score (nSPS) is 15.0. The fraction of sp³-hybridized carbons (Fsp3) is 1.00. The van der Waals surface area contributed by atoms with Crippen LogP contribution in [0, 0.1) is 0 Å². The summed E-state index contributed by atoms with van der Waals surface area (Å²) in [6.45, 7) is 8.85. The van der Waals surface area contributed by atoms with E-state index >= 15 is 0 Å². The van der Waals surface area contributed by atoms with Crippen LogP contribution in [0.3, 0.4) is 0 Å². The lowest BCUT2D eigenvalue weighted by Crippen LogP contribution is -2.39. The molecule has 0 rings (SSSR count). The lowest BCUT2D eigenvalue weighted by atomic mass is 10.1. The molecule has 0 aliphatic carbocycles. The first-order valence-corrected chi connectivity index (χ1v) is 3.98. The average molecular weight is 161 g/mol. The molecule has 0 bridgehead atoms. The maximum Gasteiger partial charge on any atom is 0.154 e. The molecule has 0 aromatic heterocycles. The maximum absolute atomic E-state index is 5.70. The van der Waals surface area contributed by atoms with Crippen LogP contribution in [-0.4, -0.2) is 25.0 Å². The highest BCUT2D eigenvalue weighted by Crippen LogP contribution is 2.01. The molecule has 11 heavy (non-hydrogen) atoms. The zero-order valence-corrected chi connectivity index (χ0v) is 7.89. The van der Waals surface area contributed by atoms with Gasteiger partial charge in [0.05, 0.1) is 6.61 Å². The van der Waals surface area contributed by atoms with Crippen LogP contribution in [0.2, 0.25) is 0 Å². The molecule has 68 valence electrons. The van der Waals surface area contributed by atoms with Gasteiger partial charge in [0.25, 0.3) is 0 Å². The van der Waals surface area contributed by atoms with Gasteiger partial charge in [-0.05, 0) is 27.7 Å². The number of nitrogens with two attached hydrogens (primary N) is 1. The number of ether oxygens (including phenoxy) is 2. The topological polar surface area (TPSA) is 44.5 Å². The molecular weight excluding hydrogens is 142 g/mol. The highest BCUT2D eigenvalue weighted by molar-refractivity contribution is 4.69. The van der Waals surface area contributed by atoms with Gasteiger partial charge in [0.1, 0.15) is 0 Å². The van der Waals surface area contributed by atoms with Gasteiger partial charge in [0.2, 0.25) is 0 Å². The molecule has 1 unspecified atom stereocenters. The monoisotopic (exact) mass is 161 g/mol. The number of rotatable bonds is 5. The molecule has 1 atom stereocenters. The van der Waals surface area contributed by atoms with Crippen molar-refractivity contribution in [2.24, 2.45) is 5.73 Å². The van der Waals surface area contributed by atoms with Gasteiger partial charge in [-0.2, -0.15) is 0 Å². The molecule has 0 amide bonds. The van der Waals surface area contributed by atoms with Crippen molar-refractivity contribution in [3.63, 3.8) is 0 Å². The molecule has 0 aliphatic heterocycles. The summed E-state index contributed by atoms with van der Waals surface area (Å²) < 4.78 is 10.5. The highest BCUT2D eigenvalue weighted by Gasteiger charge is 2.12. The Morgan fingerprint density at radius 3 is 2.27 bits per heavy atom. The third-order valence-corrected chi connectivity index (χ3v) is 1.09. The van der Waals surface area contributed by atoms with E-state index in [0.717, 1.165) is 0 Å². The van der Waals surface area contributed by atoms with E-state index < -0.39 is 0 Å². The first kappa shape index (κ1) is 10.9. The molecule has 0 saturated carbocycles. The lowest BCUT2D eigenvalue weighted by molar-refractivity contribution is -0.135. The van der Waals surface area contributed by atoms with E-state index in [-0.39, 0.29) is 11.8 Å². The fourth-order valence-corrected chi connectivity index (χ4v) is 0.615. The summed E-state index contributed by atoms with van der Waals surface area (Å²) in [4.78, 5) is 0. The second kappa shape index (κ2) is 4.70. The average Bonchev–Trinajstić information content (AvgIpc) is 1.83. The maximum atomic E-state index is 5.70. The molecule has 0 heterocycles. The zero-order valence-electron chi connectivity index (χ0n) is 7.89. The van der Waals surface area contributed by atoms with Crippen LogP contribution in [-0.2, 0) is 9.47 Å². The Labute approximate surface area is 68.9 Å². The highest BCUT2D eigenvalue weighted by atomic mass is 16.7. The minimum atomic E-state index is -0.272. The van der Waals surface area contributed by atoms with E-state index in [0.29, 0.717) is 13.2 Å². The van der Waals surface area contributed by atoms with Gasteiger partial charge < -0.3 is 15.2 Å². The Bertz CT molecular complexity index is 98.8. The van der Waals surface area contributed by atoms with Crippen molar-refractivity contribution in [2.75, 3.05) is 13.2 Å². The molecule has 0 fully saturated rings. The van der Waals surface area contributed by atoms with E-state index in [4.69, 9.17) is 15.2 Å². The van der Waals surface area contributed by atoms with Crippen LogP contribution in [0.15, 0.2) is 0 Å². The summed E-state index contributed by atoms with van der Waals surface area (Å²) in [5.74, 6) is 0. The van der Waals surface area contributed by atoms with Crippen LogP contribution >= 0.6 is 0 Å². The Morgan fingerprint density at radius 1 is 1.36 bits per heavy atom. The molecule has 3 heteroatoms. The van der Waals surface area contributed by atoms with Gasteiger partial charge in [0.15, 0.2) is 6.29 Å². The number of hydrogen-bond acceptors (Lipinski definition) is 3. The number of hydrogen-bond donors (Lipinski definition) is 1. The van der Waals surface area contributed by atoms with Crippen LogP contribution in [0.25, 0.3) is 0 Å². The molecular formula is C8H19NO2. The van der Waals surface area contributed by atoms with Gasteiger partial charge in [-0.15, -0.1) is 0 Å². The Kier molecular flexibility index (Phi) is 4.65. The van der Waals surface area contributed by atoms with Crippen LogP contribution in [0.1, 0.15) is 27.7 Å². The summed E-state index contributed by atoms with van der Waals surface area (Å²) in [6.07, 6.45) is -0.150. The molecule has 2 N–H and O–H groups in total. The molecule has 0 radical (unpaired) electrons. The minimum absolute atomic E-state index is 0.150. The van der Waals surface area contributed by atoms with Gasteiger partial charge in [-0.3, -0.25) is 0 Å². The van der Waals surface area contributed by atoms with E-state index in [2.05, 4.69) is 0 Å². The van der Waals surface area contributed by atoms with Gasteiger partial charge in [0, 0.05) is 12.1 Å². The first-order valence-electron chi connectivity index (χ1n) is 3.98.